The highest BCUT2D eigenvalue weighted by Gasteiger charge is 2.38. The number of pyridine rings is 1. The molecule has 25 nitrogen and oxygen atoms in total. The number of hydrogen-bond donors (Lipinski definition) is 4. The summed E-state index contributed by atoms with van der Waals surface area (Å²) in [5, 5.41) is 12.0. The third-order valence-corrected chi connectivity index (χ3v) is 19.4. The Hall–Kier alpha value is -8.11. The van der Waals surface area contributed by atoms with Crippen molar-refractivity contribution in [1.82, 2.24) is 25.3 Å². The van der Waals surface area contributed by atoms with Crippen LogP contribution in [0.1, 0.15) is 90.5 Å². The molecule has 8 atom stereocenters. The van der Waals surface area contributed by atoms with Crippen molar-refractivity contribution in [2.75, 3.05) is 0 Å². The molecule has 8 rings (SSSR count). The zero-order valence-corrected chi connectivity index (χ0v) is 65.3. The highest BCUT2D eigenvalue weighted by molar-refractivity contribution is 7.53. The largest absolute Gasteiger partial charge is 0.513 e. The van der Waals surface area contributed by atoms with E-state index in [-0.39, 0.29) is 54.8 Å². The molecule has 0 bridgehead atoms. The number of para-hydroxylation sites is 4. The van der Waals surface area contributed by atoms with Crippen molar-refractivity contribution >= 4 is 101 Å². The monoisotopic (exact) mass is 1610 g/mol. The number of aromatic nitrogens is 1. The molecular formula is C72H87Cl4N5O20P4. The van der Waals surface area contributed by atoms with E-state index < -0.39 is 79.0 Å². The molecule has 0 saturated carbocycles. The molecule has 4 N–H and O–H groups in total. The number of esters is 4. The van der Waals surface area contributed by atoms with Gasteiger partial charge in [-0.2, -0.15) is 20.3 Å². The van der Waals surface area contributed by atoms with E-state index in [0.717, 1.165) is 0 Å². The molecule has 0 aliphatic heterocycles. The third-order valence-electron chi connectivity index (χ3n) is 12.1. The Morgan fingerprint density at radius 3 is 0.695 bits per heavy atom. The minimum atomic E-state index is -3.99. The van der Waals surface area contributed by atoms with E-state index in [1.54, 1.807) is 231 Å². The Kier molecular flexibility index (Phi) is 37.5. The van der Waals surface area contributed by atoms with Crippen molar-refractivity contribution in [2.24, 2.45) is 0 Å². The number of hydrogen-bond acceptors (Lipinski definition) is 21. The Labute approximate surface area is 633 Å². The van der Waals surface area contributed by atoms with Crippen LogP contribution in [0.3, 0.4) is 0 Å². The number of benzene rings is 7. The molecule has 568 valence electrons. The summed E-state index contributed by atoms with van der Waals surface area (Å²) >= 11 is 23.7. The Bertz CT molecular complexity index is 3670. The van der Waals surface area contributed by atoms with E-state index in [1.165, 1.54) is 64.4 Å². The number of carbonyl (C=O) groups is 4. The highest BCUT2D eigenvalue weighted by atomic mass is 35.5. The van der Waals surface area contributed by atoms with Gasteiger partial charge in [0.05, 0.1) is 35.6 Å². The Morgan fingerprint density at radius 2 is 0.486 bits per heavy atom. The van der Waals surface area contributed by atoms with E-state index >= 15 is 0 Å². The fourth-order valence-electron chi connectivity index (χ4n) is 7.83. The predicted octanol–water partition coefficient (Wildman–Crippen LogP) is 19.4. The molecule has 33 heteroatoms. The van der Waals surface area contributed by atoms with Crippen LogP contribution >= 0.6 is 77.4 Å². The molecule has 0 aliphatic carbocycles. The lowest BCUT2D eigenvalue weighted by atomic mass is 10.3. The number of carbonyl (C=O) groups excluding carboxylic acids is 4. The van der Waals surface area contributed by atoms with Gasteiger partial charge in [-0.15, -0.1) is 0 Å². The molecule has 0 amide bonds. The van der Waals surface area contributed by atoms with Crippen molar-refractivity contribution in [3.8, 4) is 46.0 Å². The van der Waals surface area contributed by atoms with Crippen LogP contribution in [0.4, 0.5) is 0 Å². The van der Waals surface area contributed by atoms with Gasteiger partial charge in [0.25, 0.3) is 0 Å². The summed E-state index contributed by atoms with van der Waals surface area (Å²) in [6, 6.07) is 51.0. The molecule has 105 heavy (non-hydrogen) atoms. The normalized spacial score (nSPS) is 14.2. The molecule has 0 unspecified atom stereocenters. The summed E-state index contributed by atoms with van der Waals surface area (Å²) in [5.41, 5.74) is 0. The van der Waals surface area contributed by atoms with Crippen molar-refractivity contribution in [1.29, 1.82) is 0 Å². The van der Waals surface area contributed by atoms with Gasteiger partial charge in [0.2, 0.25) is 0 Å². The van der Waals surface area contributed by atoms with Crippen LogP contribution in [0, 0.1) is 0 Å². The lowest BCUT2D eigenvalue weighted by molar-refractivity contribution is -0.149. The zero-order chi connectivity index (χ0) is 76.6. The number of nitrogens with zero attached hydrogens (tertiary/aromatic N) is 1. The van der Waals surface area contributed by atoms with Gasteiger partial charge in [0, 0.05) is 27.3 Å². The molecule has 0 saturated heterocycles. The van der Waals surface area contributed by atoms with E-state index in [0.29, 0.717) is 43.1 Å². The average Bonchev–Trinajstić information content (AvgIpc) is 0.848. The number of ether oxygens (including phenoxy) is 4. The summed E-state index contributed by atoms with van der Waals surface area (Å²) in [5.74, 6) is -0.110. The number of rotatable bonds is 32. The first kappa shape index (κ1) is 89.3. The van der Waals surface area contributed by atoms with Crippen molar-refractivity contribution < 1.29 is 92.6 Å². The Balaban J connectivity index is 0.000000295. The van der Waals surface area contributed by atoms with Gasteiger partial charge in [0.1, 0.15) is 64.4 Å². The summed E-state index contributed by atoms with van der Waals surface area (Å²) in [6.45, 7) is 19.9. The standard InChI is InChI=1S/3C18H21ClNO5P.C17H20ClN2O5P.CH4/c3*1-13(2)23-18(21)14(3)20-26(22,24-16-9-5-4-6-10-16)25-17-11-7-8-15(19)12-17;1-12(2)23-17(21)13(3)20-26(22,24-15-7-5-4-6-8-15)25-16-9-14(18)10-19-11-16;/h3*4-14H,1-3H3,(H,20,22);4-13H,1-3H3,(H,20,22);1H4/t14-,26+;2*14-,26-;13-,26+;/m1100./s1. The number of halogens is 4. The maximum absolute atomic E-state index is 13.3. The average molecular weight is 1610 g/mol. The van der Waals surface area contributed by atoms with Crippen LogP contribution in [0.2, 0.25) is 20.1 Å². The van der Waals surface area contributed by atoms with Crippen molar-refractivity contribution in [3.05, 3.63) is 233 Å². The second-order valence-electron chi connectivity index (χ2n) is 23.0. The minimum Gasteiger partial charge on any atom is -0.462 e. The molecule has 0 fully saturated rings. The van der Waals surface area contributed by atoms with E-state index in [1.807, 2.05) is 0 Å². The molecule has 0 spiro atoms. The van der Waals surface area contributed by atoms with Crippen LogP contribution in [0.25, 0.3) is 0 Å². The fourth-order valence-corrected chi connectivity index (χ4v) is 14.6. The first-order chi connectivity index (χ1) is 49.1. The molecular weight excluding hydrogens is 1520 g/mol. The lowest BCUT2D eigenvalue weighted by Gasteiger charge is -2.23. The molecule has 1 heterocycles. The molecule has 0 aliphatic rings. The molecule has 7 aromatic carbocycles. The van der Waals surface area contributed by atoms with E-state index in [4.69, 9.17) is 102 Å². The summed E-state index contributed by atoms with van der Waals surface area (Å²) in [6.07, 6.45) is 1.55. The summed E-state index contributed by atoms with van der Waals surface area (Å²) in [4.78, 5) is 52.1. The van der Waals surface area contributed by atoms with E-state index in [2.05, 4.69) is 25.3 Å². The first-order valence-electron chi connectivity index (χ1n) is 32.1. The van der Waals surface area contributed by atoms with Crippen molar-refractivity contribution in [2.45, 2.75) is 139 Å². The van der Waals surface area contributed by atoms with Gasteiger partial charge in [-0.1, -0.05) is 145 Å². The minimum absolute atomic E-state index is 0. The fraction of sp³-hybridized carbons (Fsp3) is 0.292. The second-order valence-corrected chi connectivity index (χ2v) is 31.2. The van der Waals surface area contributed by atoms with Gasteiger partial charge >= 0.3 is 54.9 Å². The molecule has 0 radical (unpaired) electrons. The van der Waals surface area contributed by atoms with Gasteiger partial charge in [-0.05, 0) is 186 Å². The maximum atomic E-state index is 13.3. The van der Waals surface area contributed by atoms with Crippen LogP contribution < -0.4 is 56.5 Å². The van der Waals surface area contributed by atoms with E-state index in [9.17, 15) is 37.4 Å². The number of nitrogens with one attached hydrogen (secondary N) is 4. The molecule has 1 aromatic heterocycles. The van der Waals surface area contributed by atoms with Crippen LogP contribution in [-0.4, -0.2) is 77.4 Å². The summed E-state index contributed by atoms with van der Waals surface area (Å²) in [7, 11) is -15.8. The SMILES string of the molecule is C.CC(C)OC(=O)[C@@H](C)N[P@@](=O)(Oc1ccccc1)Oc1cccc(Cl)c1.CC(C)OC(=O)[C@@H](C)N[P@](=O)(Oc1ccccc1)Oc1cccc(Cl)c1.CC(C)OC(=O)[C@H](C)N[P@@](=O)(Oc1ccccc1)Oc1cncc(Cl)c1.CC(C)OC(=O)[C@H](C)N[P@](=O)(Oc1ccccc1)Oc1cccc(Cl)c1. The topological polar surface area (TPSA) is 308 Å². The Morgan fingerprint density at radius 1 is 0.286 bits per heavy atom. The second kappa shape index (κ2) is 44.1. The maximum Gasteiger partial charge on any atom is 0.513 e. The zero-order valence-electron chi connectivity index (χ0n) is 58.7. The van der Waals surface area contributed by atoms with Crippen LogP contribution in [-0.2, 0) is 56.4 Å². The summed E-state index contributed by atoms with van der Waals surface area (Å²) < 4.78 is 118. The molecule has 8 aromatic rings. The predicted molar refractivity (Wildman–Crippen MR) is 407 cm³/mol. The quantitative estimate of drug-likeness (QED) is 0.0173. The first-order valence-corrected chi connectivity index (χ1v) is 39.7. The lowest BCUT2D eigenvalue weighted by Crippen LogP contribution is -2.36. The van der Waals surface area contributed by atoms with Gasteiger partial charge in [0.15, 0.2) is 5.75 Å². The van der Waals surface area contributed by atoms with Gasteiger partial charge < -0.3 is 55.1 Å². The smallest absolute Gasteiger partial charge is 0.462 e. The van der Waals surface area contributed by atoms with Gasteiger partial charge in [-0.25, -0.2) is 18.3 Å². The van der Waals surface area contributed by atoms with Crippen LogP contribution in [0.15, 0.2) is 213 Å². The van der Waals surface area contributed by atoms with Crippen molar-refractivity contribution in [3.63, 3.8) is 0 Å². The highest BCUT2D eigenvalue weighted by Crippen LogP contribution is 2.49. The van der Waals surface area contributed by atoms with Crippen LogP contribution in [0.5, 0.6) is 46.0 Å². The van der Waals surface area contributed by atoms with Gasteiger partial charge in [-0.3, -0.25) is 24.2 Å². The third kappa shape index (κ3) is 34.8.